The van der Waals surface area contributed by atoms with E-state index in [1.807, 2.05) is 24.3 Å². The van der Waals surface area contributed by atoms with E-state index in [9.17, 15) is 4.39 Å². The Hall–Kier alpha value is -2.68. The molecule has 2 aliphatic rings. The molecule has 0 fully saturated rings. The SMILES string of the molecule is Fc1cc2ccc1=2.c1ccc(CCCNc2ccccn2)cc1. The second kappa shape index (κ2) is 7.54. The first kappa shape index (κ1) is 15.2. The molecule has 0 unspecified atom stereocenters. The third kappa shape index (κ3) is 4.16. The Bertz CT molecular complexity index is 791. The molecule has 2 aliphatic carbocycles. The molecule has 3 heteroatoms. The molecular formula is C20H19FN2. The molecule has 1 N–H and O–H groups in total. The van der Waals surface area contributed by atoms with E-state index in [0.29, 0.717) is 0 Å². The van der Waals surface area contributed by atoms with E-state index in [-0.39, 0.29) is 5.82 Å². The molecule has 0 aliphatic heterocycles. The van der Waals surface area contributed by atoms with Gasteiger partial charge in [0.05, 0.1) is 0 Å². The zero-order valence-electron chi connectivity index (χ0n) is 12.9. The van der Waals surface area contributed by atoms with Gasteiger partial charge in [-0.25, -0.2) is 9.37 Å². The Kier molecular flexibility index (Phi) is 4.99. The van der Waals surface area contributed by atoms with E-state index in [1.165, 1.54) is 11.6 Å². The number of rotatable bonds is 5. The highest BCUT2D eigenvalue weighted by atomic mass is 19.1. The minimum atomic E-state index is -0.0579. The fourth-order valence-corrected chi connectivity index (χ4v) is 2.36. The molecule has 1 aromatic carbocycles. The van der Waals surface area contributed by atoms with Crippen molar-refractivity contribution in [1.82, 2.24) is 4.98 Å². The lowest BCUT2D eigenvalue weighted by Crippen LogP contribution is -2.03. The van der Waals surface area contributed by atoms with Gasteiger partial charge in [0.25, 0.3) is 0 Å². The summed E-state index contributed by atoms with van der Waals surface area (Å²) in [5.74, 6) is 0.896. The highest BCUT2D eigenvalue weighted by Crippen LogP contribution is 2.12. The number of hydrogen-bond acceptors (Lipinski definition) is 2. The van der Waals surface area contributed by atoms with Crippen molar-refractivity contribution >= 4 is 5.82 Å². The highest BCUT2D eigenvalue weighted by Gasteiger charge is 2.01. The van der Waals surface area contributed by atoms with Gasteiger partial charge in [0.2, 0.25) is 0 Å². The van der Waals surface area contributed by atoms with Gasteiger partial charge in [-0.05, 0) is 41.8 Å². The van der Waals surface area contributed by atoms with E-state index in [2.05, 4.69) is 40.6 Å². The van der Waals surface area contributed by atoms with E-state index >= 15 is 0 Å². The van der Waals surface area contributed by atoms with E-state index in [1.54, 1.807) is 12.3 Å². The summed E-state index contributed by atoms with van der Waals surface area (Å²) in [5.41, 5.74) is 1.39. The summed E-state index contributed by atoms with van der Waals surface area (Å²) in [6.07, 6.45) is 4.04. The minimum absolute atomic E-state index is 0.0579. The molecule has 0 amide bonds. The van der Waals surface area contributed by atoms with Crippen LogP contribution in [0.15, 0.2) is 72.9 Å². The maximum atomic E-state index is 12.0. The summed E-state index contributed by atoms with van der Waals surface area (Å²) in [4.78, 5) is 4.21. The Labute approximate surface area is 135 Å². The van der Waals surface area contributed by atoms with Crippen molar-refractivity contribution in [2.45, 2.75) is 12.8 Å². The van der Waals surface area contributed by atoms with Gasteiger partial charge in [-0.2, -0.15) is 0 Å². The largest absolute Gasteiger partial charge is 0.370 e. The Morgan fingerprint density at radius 3 is 2.26 bits per heavy atom. The second-order valence-electron chi connectivity index (χ2n) is 5.43. The highest BCUT2D eigenvalue weighted by molar-refractivity contribution is 5.32. The molecule has 0 radical (unpaired) electrons. The van der Waals surface area contributed by atoms with Crippen LogP contribution < -0.4 is 5.32 Å². The number of aryl methyl sites for hydroxylation is 1. The lowest BCUT2D eigenvalue weighted by molar-refractivity contribution is 0.605. The van der Waals surface area contributed by atoms with Crippen molar-refractivity contribution in [2.75, 3.05) is 11.9 Å². The fraction of sp³-hybridized carbons (Fsp3) is 0.150. The summed E-state index contributed by atoms with van der Waals surface area (Å²) in [5, 5.41) is 5.18. The summed E-state index contributed by atoms with van der Waals surface area (Å²) >= 11 is 0. The molecule has 2 nitrogen and oxygen atoms in total. The van der Waals surface area contributed by atoms with Crippen LogP contribution in [0.2, 0.25) is 0 Å². The molecule has 0 saturated carbocycles. The molecule has 1 heterocycles. The summed E-state index contributed by atoms with van der Waals surface area (Å²) in [6, 6.07) is 21.7. The van der Waals surface area contributed by atoms with E-state index in [0.717, 1.165) is 35.6 Å². The van der Waals surface area contributed by atoms with Gasteiger partial charge in [-0.1, -0.05) is 48.5 Å². The third-order valence-electron chi connectivity index (χ3n) is 3.74. The van der Waals surface area contributed by atoms with Crippen LogP contribution in [0, 0.1) is 16.3 Å². The van der Waals surface area contributed by atoms with Crippen molar-refractivity contribution in [3.8, 4) is 0 Å². The minimum Gasteiger partial charge on any atom is -0.370 e. The van der Waals surface area contributed by atoms with Gasteiger partial charge in [-0.15, -0.1) is 0 Å². The van der Waals surface area contributed by atoms with Gasteiger partial charge >= 0.3 is 0 Å². The van der Waals surface area contributed by atoms with Crippen LogP contribution in [-0.2, 0) is 6.42 Å². The topological polar surface area (TPSA) is 24.9 Å². The number of anilines is 1. The number of pyridine rings is 1. The van der Waals surface area contributed by atoms with Gasteiger partial charge < -0.3 is 5.32 Å². The average Bonchev–Trinajstić information content (AvgIpc) is 2.59. The van der Waals surface area contributed by atoms with Crippen molar-refractivity contribution in [1.29, 1.82) is 0 Å². The fourth-order valence-electron chi connectivity index (χ4n) is 2.36. The normalized spacial score (nSPS) is 10.5. The zero-order chi connectivity index (χ0) is 15.9. The maximum Gasteiger partial charge on any atom is 0.131 e. The van der Waals surface area contributed by atoms with Gasteiger partial charge in [-0.3, -0.25) is 0 Å². The molecule has 23 heavy (non-hydrogen) atoms. The van der Waals surface area contributed by atoms with Crippen LogP contribution >= 0.6 is 0 Å². The molecule has 4 rings (SSSR count). The predicted octanol–water partition coefficient (Wildman–Crippen LogP) is 4.55. The van der Waals surface area contributed by atoms with Crippen LogP contribution in [0.1, 0.15) is 12.0 Å². The molecule has 116 valence electrons. The van der Waals surface area contributed by atoms with Crippen molar-refractivity contribution < 1.29 is 4.39 Å². The first-order chi connectivity index (χ1) is 11.3. The Morgan fingerprint density at radius 2 is 1.74 bits per heavy atom. The van der Waals surface area contributed by atoms with Crippen LogP contribution in [-0.4, -0.2) is 11.5 Å². The quantitative estimate of drug-likeness (QED) is 0.547. The number of benzene rings is 2. The van der Waals surface area contributed by atoms with Gasteiger partial charge in [0.15, 0.2) is 0 Å². The number of nitrogens with zero attached hydrogens (tertiary/aromatic N) is 1. The third-order valence-corrected chi connectivity index (χ3v) is 3.74. The summed E-state index contributed by atoms with van der Waals surface area (Å²) in [6.45, 7) is 0.964. The van der Waals surface area contributed by atoms with E-state index < -0.39 is 0 Å². The number of halogens is 1. The monoisotopic (exact) mass is 306 g/mol. The molecule has 0 bridgehead atoms. The second-order valence-corrected chi connectivity index (χ2v) is 5.43. The van der Waals surface area contributed by atoms with Crippen molar-refractivity contribution in [3.05, 3.63) is 94.7 Å². The van der Waals surface area contributed by atoms with E-state index in [4.69, 9.17) is 0 Å². The molecular weight excluding hydrogens is 287 g/mol. The van der Waals surface area contributed by atoms with Gasteiger partial charge in [0.1, 0.15) is 11.6 Å². The lowest BCUT2D eigenvalue weighted by atomic mass is 10.1. The smallest absolute Gasteiger partial charge is 0.131 e. The summed E-state index contributed by atoms with van der Waals surface area (Å²) in [7, 11) is 0. The van der Waals surface area contributed by atoms with Crippen LogP contribution in [0.5, 0.6) is 0 Å². The lowest BCUT2D eigenvalue weighted by Gasteiger charge is -2.04. The van der Waals surface area contributed by atoms with Gasteiger partial charge in [0, 0.05) is 18.0 Å². The first-order valence-electron chi connectivity index (χ1n) is 7.82. The standard InChI is InChI=1S/C14H16N2.C6H3F/c1-2-7-13(8-3-1)9-6-12-16-14-10-4-5-11-15-14;7-6-3-4-1-2-5(4)6/h1-5,7-8,10-11H,6,9,12H2,(H,15,16);1-3H. The Balaban J connectivity index is 0.000000183. The average molecular weight is 306 g/mol. The molecule has 0 saturated heterocycles. The van der Waals surface area contributed by atoms with Crippen molar-refractivity contribution in [3.63, 3.8) is 0 Å². The zero-order valence-corrected chi connectivity index (χ0v) is 12.9. The predicted molar refractivity (Wildman–Crippen MR) is 91.6 cm³/mol. The number of nitrogens with one attached hydrogen (secondary N) is 1. The van der Waals surface area contributed by atoms with Crippen molar-refractivity contribution in [2.24, 2.45) is 0 Å². The Morgan fingerprint density at radius 1 is 0.913 bits per heavy atom. The van der Waals surface area contributed by atoms with Crippen LogP contribution in [0.4, 0.5) is 10.2 Å². The van der Waals surface area contributed by atoms with Crippen LogP contribution in [0.3, 0.4) is 0 Å². The number of aromatic nitrogens is 1. The molecule has 2 aromatic rings. The molecule has 1 aromatic heterocycles. The number of hydrogen-bond donors (Lipinski definition) is 1. The maximum absolute atomic E-state index is 12.0. The van der Waals surface area contributed by atoms with Crippen LogP contribution in [0.25, 0.3) is 0 Å². The first-order valence-corrected chi connectivity index (χ1v) is 7.82. The molecule has 0 spiro atoms. The summed E-state index contributed by atoms with van der Waals surface area (Å²) < 4.78 is 12.0. The molecule has 0 atom stereocenters.